The summed E-state index contributed by atoms with van der Waals surface area (Å²) in [5.74, 6) is -1.12. The largest absolute Gasteiger partial charge is 0.472 e. The number of phosphoric ester groups is 1. The molecule has 0 aromatic rings. The quantitative estimate of drug-likeness (QED) is 0.0264. The molecule has 0 spiro atoms. The van der Waals surface area contributed by atoms with Gasteiger partial charge in [0.25, 0.3) is 0 Å². The van der Waals surface area contributed by atoms with Gasteiger partial charge in [-0.15, -0.1) is 0 Å². The minimum Gasteiger partial charge on any atom is -0.462 e. The second kappa shape index (κ2) is 57.2. The lowest BCUT2D eigenvalue weighted by Gasteiger charge is -2.20. The molecule has 0 aliphatic heterocycles. The predicted octanol–water partition coefficient (Wildman–Crippen LogP) is 18.2. The Balaban J connectivity index is 4.66. The van der Waals surface area contributed by atoms with Crippen LogP contribution < -0.4 is 5.32 Å². The molecular formula is C63H108NO9P. The van der Waals surface area contributed by atoms with Gasteiger partial charge in [-0.2, -0.15) is 0 Å². The van der Waals surface area contributed by atoms with Crippen LogP contribution in [-0.2, 0) is 37.5 Å². The van der Waals surface area contributed by atoms with Crippen molar-refractivity contribution in [3.05, 3.63) is 97.2 Å². The fourth-order valence-electron chi connectivity index (χ4n) is 7.78. The number of amides is 1. The molecule has 2 atom stereocenters. The second-order valence-electron chi connectivity index (χ2n) is 19.4. The molecule has 0 radical (unpaired) electrons. The molecule has 0 aromatic heterocycles. The van der Waals surface area contributed by atoms with Crippen molar-refractivity contribution in [3.63, 3.8) is 0 Å². The summed E-state index contributed by atoms with van der Waals surface area (Å²) >= 11 is 0. The molecule has 0 saturated carbocycles. The van der Waals surface area contributed by atoms with E-state index in [9.17, 15) is 23.8 Å². The Kier molecular flexibility index (Phi) is 54.4. The second-order valence-corrected chi connectivity index (χ2v) is 20.9. The van der Waals surface area contributed by atoms with Gasteiger partial charge in [-0.25, -0.2) is 4.57 Å². The van der Waals surface area contributed by atoms with Gasteiger partial charge in [-0.3, -0.25) is 23.4 Å². The van der Waals surface area contributed by atoms with Crippen molar-refractivity contribution in [1.29, 1.82) is 0 Å². The molecule has 0 aliphatic rings. The van der Waals surface area contributed by atoms with Gasteiger partial charge in [0.2, 0.25) is 5.91 Å². The predicted molar refractivity (Wildman–Crippen MR) is 312 cm³/mol. The van der Waals surface area contributed by atoms with Crippen LogP contribution in [0.1, 0.15) is 252 Å². The van der Waals surface area contributed by atoms with E-state index in [1.54, 1.807) is 0 Å². The lowest BCUT2D eigenvalue weighted by molar-refractivity contribution is -0.161. The maximum Gasteiger partial charge on any atom is 0.472 e. The molecule has 0 saturated heterocycles. The topological polar surface area (TPSA) is 137 Å². The van der Waals surface area contributed by atoms with Gasteiger partial charge in [0.05, 0.1) is 13.2 Å². The minimum atomic E-state index is -4.58. The summed E-state index contributed by atoms with van der Waals surface area (Å²) in [6, 6.07) is 0. The summed E-state index contributed by atoms with van der Waals surface area (Å²) in [4.78, 5) is 48.2. The molecule has 1 unspecified atom stereocenters. The monoisotopic (exact) mass is 1050 g/mol. The van der Waals surface area contributed by atoms with E-state index in [1.165, 1.54) is 116 Å². The van der Waals surface area contributed by atoms with Gasteiger partial charge in [0, 0.05) is 25.8 Å². The first-order chi connectivity index (χ1) is 36.2. The van der Waals surface area contributed by atoms with E-state index in [-0.39, 0.29) is 38.5 Å². The highest BCUT2D eigenvalue weighted by Crippen LogP contribution is 2.43. The van der Waals surface area contributed by atoms with Crippen LogP contribution in [0.3, 0.4) is 0 Å². The van der Waals surface area contributed by atoms with Crippen LogP contribution in [0.5, 0.6) is 0 Å². The standard InChI is InChI=1S/C63H108NO9P/c1-4-7-10-13-16-19-22-25-28-30-33-35-38-41-44-47-50-53-61(65)64-56-57-71-74(68,69)72-59-60(58-70-62(66)54-51-48-45-42-39-36-32-27-24-21-18-15-12-9-6-3)73-63(67)55-52-49-46-43-40-37-34-31-29-26-23-20-17-14-11-8-5-2/h16-17,19-20,25-26,28-29,33-35,37,41,43-44,46,60H,4-15,18,21-24,27,30-32,36,38-40,42,45,47-59H2,1-3H3,(H,64,65)(H,68,69)/b19-16-,20-17-,28-25-,29-26-,35-33-,37-34-,44-41-,46-43-/t60-/m1/s1. The maximum absolute atomic E-state index is 12.8. The van der Waals surface area contributed by atoms with Crippen LogP contribution in [0.25, 0.3) is 0 Å². The van der Waals surface area contributed by atoms with Crippen molar-refractivity contribution < 1.29 is 42.4 Å². The first-order valence-corrected chi connectivity index (χ1v) is 31.2. The molecule has 0 aliphatic carbocycles. The van der Waals surface area contributed by atoms with Crippen molar-refractivity contribution in [3.8, 4) is 0 Å². The Morgan fingerprint density at radius 3 is 1.20 bits per heavy atom. The van der Waals surface area contributed by atoms with Gasteiger partial charge >= 0.3 is 19.8 Å². The summed E-state index contributed by atoms with van der Waals surface area (Å²) in [6.07, 6.45) is 70.7. The summed E-state index contributed by atoms with van der Waals surface area (Å²) in [5.41, 5.74) is 0. The van der Waals surface area contributed by atoms with Crippen molar-refractivity contribution in [2.24, 2.45) is 0 Å². The van der Waals surface area contributed by atoms with E-state index in [2.05, 4.69) is 117 Å². The highest BCUT2D eigenvalue weighted by molar-refractivity contribution is 7.47. The molecule has 0 bridgehead atoms. The lowest BCUT2D eigenvalue weighted by atomic mass is 10.0. The number of carbonyl (C=O) groups is 3. The van der Waals surface area contributed by atoms with Crippen molar-refractivity contribution in [1.82, 2.24) is 5.32 Å². The SMILES string of the molecule is CCCCC/C=C\C/C=C\C/C=C\C/C=C\CCCC(=O)NCCOP(=O)(O)OC[C@@H](COC(=O)CCCCCCCCCCCCCCCCC)OC(=O)CCC/C=C\C/C=C\C/C=C\C/C=C\CCCCC. The van der Waals surface area contributed by atoms with E-state index in [0.717, 1.165) is 70.6 Å². The zero-order chi connectivity index (χ0) is 53.9. The molecule has 10 nitrogen and oxygen atoms in total. The smallest absolute Gasteiger partial charge is 0.462 e. The van der Waals surface area contributed by atoms with Crippen molar-refractivity contribution in [2.75, 3.05) is 26.4 Å². The van der Waals surface area contributed by atoms with Gasteiger partial charge in [0.1, 0.15) is 6.61 Å². The molecule has 74 heavy (non-hydrogen) atoms. The molecular weight excluding hydrogens is 946 g/mol. The molecule has 0 fully saturated rings. The number of phosphoric acid groups is 1. The van der Waals surface area contributed by atoms with Crippen LogP contribution >= 0.6 is 7.82 Å². The fourth-order valence-corrected chi connectivity index (χ4v) is 8.53. The third-order valence-electron chi connectivity index (χ3n) is 12.3. The lowest BCUT2D eigenvalue weighted by Crippen LogP contribution is -2.30. The fraction of sp³-hybridized carbons (Fsp3) is 0.698. The van der Waals surface area contributed by atoms with Crippen molar-refractivity contribution >= 4 is 25.7 Å². The van der Waals surface area contributed by atoms with Crippen LogP contribution in [0.15, 0.2) is 97.2 Å². The molecule has 0 aromatic carbocycles. The number of allylic oxidation sites excluding steroid dienone is 16. The van der Waals surface area contributed by atoms with E-state index >= 15 is 0 Å². The number of nitrogens with one attached hydrogen (secondary N) is 1. The average molecular weight is 1050 g/mol. The number of esters is 2. The van der Waals surface area contributed by atoms with Crippen LogP contribution in [0.4, 0.5) is 0 Å². The van der Waals surface area contributed by atoms with Crippen LogP contribution in [0.2, 0.25) is 0 Å². The van der Waals surface area contributed by atoms with Gasteiger partial charge in [-0.05, 0) is 96.3 Å². The summed E-state index contributed by atoms with van der Waals surface area (Å²) < 4.78 is 34.1. The first kappa shape index (κ1) is 70.4. The number of ether oxygens (including phenoxy) is 2. The average Bonchev–Trinajstić information content (AvgIpc) is 3.39. The molecule has 424 valence electrons. The maximum atomic E-state index is 12.8. The molecule has 0 rings (SSSR count). The third-order valence-corrected chi connectivity index (χ3v) is 13.2. The number of unbranched alkanes of at least 4 members (excludes halogenated alkanes) is 22. The van der Waals surface area contributed by atoms with E-state index in [4.69, 9.17) is 18.5 Å². The van der Waals surface area contributed by atoms with E-state index in [1.807, 2.05) is 6.08 Å². The van der Waals surface area contributed by atoms with Gasteiger partial charge < -0.3 is 19.7 Å². The number of rotatable bonds is 54. The molecule has 2 N–H and O–H groups in total. The molecule has 1 amide bonds. The van der Waals surface area contributed by atoms with E-state index < -0.39 is 32.5 Å². The Bertz CT molecular complexity index is 1600. The highest BCUT2D eigenvalue weighted by atomic mass is 31.2. The van der Waals surface area contributed by atoms with E-state index in [0.29, 0.717) is 32.1 Å². The normalized spacial score (nSPS) is 13.6. The highest BCUT2D eigenvalue weighted by Gasteiger charge is 2.26. The zero-order valence-corrected chi connectivity index (χ0v) is 48.2. The number of hydrogen-bond donors (Lipinski definition) is 2. The summed E-state index contributed by atoms with van der Waals surface area (Å²) in [5, 5.41) is 2.70. The summed E-state index contributed by atoms with van der Waals surface area (Å²) in [6.45, 7) is 5.65. The third kappa shape index (κ3) is 56.2. The number of carbonyl (C=O) groups excluding carboxylic acids is 3. The first-order valence-electron chi connectivity index (χ1n) is 29.7. The Morgan fingerprint density at radius 2 is 0.770 bits per heavy atom. The van der Waals surface area contributed by atoms with Crippen LogP contribution in [0, 0.1) is 0 Å². The molecule has 11 heteroatoms. The minimum absolute atomic E-state index is 0.0197. The molecule has 0 heterocycles. The Morgan fingerprint density at radius 1 is 0.419 bits per heavy atom. The zero-order valence-electron chi connectivity index (χ0n) is 47.3. The number of hydrogen-bond acceptors (Lipinski definition) is 8. The Hall–Kier alpha value is -3.56. The summed E-state index contributed by atoms with van der Waals surface area (Å²) in [7, 11) is -4.58. The van der Waals surface area contributed by atoms with Crippen LogP contribution in [-0.4, -0.2) is 55.2 Å². The van der Waals surface area contributed by atoms with Gasteiger partial charge in [0.15, 0.2) is 6.10 Å². The van der Waals surface area contributed by atoms with Crippen molar-refractivity contribution in [2.45, 2.75) is 258 Å². The van der Waals surface area contributed by atoms with Gasteiger partial charge in [-0.1, -0.05) is 234 Å². The Labute approximate surface area is 453 Å².